The molecule has 0 amide bonds. The fourth-order valence-electron chi connectivity index (χ4n) is 1.11. The minimum atomic E-state index is 0.596. The van der Waals surface area contributed by atoms with E-state index in [-0.39, 0.29) is 0 Å². The van der Waals surface area contributed by atoms with Crippen molar-refractivity contribution in [3.8, 4) is 5.88 Å². The van der Waals surface area contributed by atoms with E-state index in [1.807, 2.05) is 19.9 Å². The number of hydrogen-bond acceptors (Lipinski definition) is 4. The number of hydrogen-bond donors (Lipinski definition) is 0. The van der Waals surface area contributed by atoms with E-state index < -0.39 is 0 Å². The molecule has 0 N–H and O–H groups in total. The summed E-state index contributed by atoms with van der Waals surface area (Å²) in [4.78, 5) is 8.10. The molecule has 1 heterocycles. The molecule has 0 radical (unpaired) electrons. The summed E-state index contributed by atoms with van der Waals surface area (Å²) in [6.07, 6.45) is 0. The molecule has 0 aliphatic carbocycles. The fraction of sp³-hybridized carbons (Fsp3) is 0.333. The number of ether oxygens (including phenoxy) is 1. The Kier molecular flexibility index (Phi) is 3.12. The monoisotopic (exact) mass is 194 g/mol. The van der Waals surface area contributed by atoms with E-state index in [0.29, 0.717) is 5.88 Å². The maximum atomic E-state index is 5.01. The Morgan fingerprint density at radius 3 is 2.69 bits per heavy atom. The van der Waals surface area contributed by atoms with Crippen LogP contribution in [0.5, 0.6) is 5.88 Å². The molecule has 4 heteroatoms. The SMILES string of the molecule is COc1cc(C)c(N=C=S)c(C)n1. The molecule has 1 aromatic rings. The van der Waals surface area contributed by atoms with E-state index in [1.165, 1.54) is 0 Å². The van der Waals surface area contributed by atoms with Gasteiger partial charge >= 0.3 is 0 Å². The maximum absolute atomic E-state index is 5.01. The Balaban J connectivity index is 3.30. The van der Waals surface area contributed by atoms with E-state index in [4.69, 9.17) is 4.74 Å². The molecule has 0 bridgehead atoms. The number of aliphatic imine (C=N–C) groups is 1. The van der Waals surface area contributed by atoms with E-state index in [1.54, 1.807) is 7.11 Å². The van der Waals surface area contributed by atoms with Gasteiger partial charge in [0.1, 0.15) is 0 Å². The topological polar surface area (TPSA) is 34.5 Å². The van der Waals surface area contributed by atoms with E-state index in [2.05, 4.69) is 27.4 Å². The van der Waals surface area contributed by atoms with Crippen LogP contribution in [-0.2, 0) is 0 Å². The third kappa shape index (κ3) is 2.11. The van der Waals surface area contributed by atoms with Gasteiger partial charge in [-0.3, -0.25) is 0 Å². The second-order valence-corrected chi connectivity index (χ2v) is 2.80. The highest BCUT2D eigenvalue weighted by atomic mass is 32.1. The van der Waals surface area contributed by atoms with Crippen molar-refractivity contribution in [1.29, 1.82) is 0 Å². The standard InChI is InChI=1S/C9H10N2OS/c1-6-4-8(12-3)11-7(2)9(6)10-5-13/h4H,1-3H3. The van der Waals surface area contributed by atoms with Gasteiger partial charge in [0.05, 0.1) is 23.7 Å². The van der Waals surface area contributed by atoms with Gasteiger partial charge in [-0.25, -0.2) is 4.98 Å². The molecular weight excluding hydrogens is 184 g/mol. The molecule has 0 aliphatic heterocycles. The van der Waals surface area contributed by atoms with Crippen molar-refractivity contribution in [2.24, 2.45) is 4.99 Å². The Labute approximate surface area is 82.5 Å². The summed E-state index contributed by atoms with van der Waals surface area (Å²) in [5, 5.41) is 2.33. The van der Waals surface area contributed by atoms with Crippen molar-refractivity contribution >= 4 is 23.1 Å². The lowest BCUT2D eigenvalue weighted by atomic mass is 10.2. The van der Waals surface area contributed by atoms with Gasteiger partial charge in [-0.1, -0.05) is 0 Å². The molecule has 0 spiro atoms. The molecule has 0 unspecified atom stereocenters. The number of thiocarbonyl (C=S) groups is 1. The second-order valence-electron chi connectivity index (χ2n) is 2.62. The van der Waals surface area contributed by atoms with Gasteiger partial charge in [-0.15, -0.1) is 0 Å². The average molecular weight is 194 g/mol. The average Bonchev–Trinajstić information content (AvgIpc) is 2.11. The minimum absolute atomic E-state index is 0.596. The second kappa shape index (κ2) is 4.12. The van der Waals surface area contributed by atoms with Crippen LogP contribution in [0.1, 0.15) is 11.3 Å². The van der Waals surface area contributed by atoms with Crippen LogP contribution in [0.3, 0.4) is 0 Å². The highest BCUT2D eigenvalue weighted by molar-refractivity contribution is 7.78. The number of isothiocyanates is 1. The van der Waals surface area contributed by atoms with Crippen molar-refractivity contribution in [1.82, 2.24) is 4.98 Å². The third-order valence-corrected chi connectivity index (χ3v) is 1.79. The van der Waals surface area contributed by atoms with Crippen LogP contribution in [0.15, 0.2) is 11.1 Å². The zero-order valence-electron chi connectivity index (χ0n) is 7.79. The van der Waals surface area contributed by atoms with Crippen LogP contribution in [0.25, 0.3) is 0 Å². The van der Waals surface area contributed by atoms with Gasteiger partial charge in [-0.05, 0) is 31.6 Å². The molecule has 13 heavy (non-hydrogen) atoms. The molecule has 0 fully saturated rings. The lowest BCUT2D eigenvalue weighted by Gasteiger charge is -2.05. The van der Waals surface area contributed by atoms with Gasteiger partial charge in [0.25, 0.3) is 0 Å². The normalized spacial score (nSPS) is 9.15. The van der Waals surface area contributed by atoms with Gasteiger partial charge in [0, 0.05) is 6.07 Å². The first kappa shape index (κ1) is 9.84. The lowest BCUT2D eigenvalue weighted by molar-refractivity contribution is 0.396. The van der Waals surface area contributed by atoms with Crippen LogP contribution in [-0.4, -0.2) is 17.3 Å². The van der Waals surface area contributed by atoms with Crippen LogP contribution < -0.4 is 4.74 Å². The highest BCUT2D eigenvalue weighted by Gasteiger charge is 2.04. The smallest absolute Gasteiger partial charge is 0.213 e. The summed E-state index contributed by atoms with van der Waals surface area (Å²) in [5.74, 6) is 0.596. The van der Waals surface area contributed by atoms with Crippen molar-refractivity contribution in [2.45, 2.75) is 13.8 Å². The van der Waals surface area contributed by atoms with Crippen molar-refractivity contribution in [3.05, 3.63) is 17.3 Å². The Morgan fingerprint density at radius 1 is 1.54 bits per heavy atom. The molecule has 0 saturated carbocycles. The third-order valence-electron chi connectivity index (χ3n) is 1.70. The number of aromatic nitrogens is 1. The van der Waals surface area contributed by atoms with Crippen LogP contribution in [0.4, 0.5) is 5.69 Å². The summed E-state index contributed by atoms with van der Waals surface area (Å²) in [6, 6.07) is 1.82. The molecule has 3 nitrogen and oxygen atoms in total. The molecule has 1 rings (SSSR count). The van der Waals surface area contributed by atoms with E-state index in [9.17, 15) is 0 Å². The van der Waals surface area contributed by atoms with Crippen molar-refractivity contribution < 1.29 is 4.74 Å². The van der Waals surface area contributed by atoms with Gasteiger partial charge in [-0.2, -0.15) is 4.99 Å². The maximum Gasteiger partial charge on any atom is 0.213 e. The zero-order chi connectivity index (χ0) is 9.84. The number of pyridine rings is 1. The minimum Gasteiger partial charge on any atom is -0.481 e. The van der Waals surface area contributed by atoms with Crippen LogP contribution >= 0.6 is 12.2 Å². The molecular formula is C9H10N2OS. The highest BCUT2D eigenvalue weighted by Crippen LogP contribution is 2.24. The number of methoxy groups -OCH3 is 1. The fourth-order valence-corrected chi connectivity index (χ4v) is 1.20. The van der Waals surface area contributed by atoms with Crippen LogP contribution in [0.2, 0.25) is 0 Å². The summed E-state index contributed by atoms with van der Waals surface area (Å²) >= 11 is 4.54. The molecule has 0 saturated heterocycles. The Hall–Kier alpha value is -1.25. The summed E-state index contributed by atoms with van der Waals surface area (Å²) in [6.45, 7) is 3.80. The first-order valence-corrected chi connectivity index (χ1v) is 4.20. The Bertz CT molecular complexity index is 347. The van der Waals surface area contributed by atoms with Crippen molar-refractivity contribution in [2.75, 3.05) is 7.11 Å². The first-order valence-electron chi connectivity index (χ1n) is 3.79. The summed E-state index contributed by atoms with van der Waals surface area (Å²) < 4.78 is 5.01. The largest absolute Gasteiger partial charge is 0.481 e. The van der Waals surface area contributed by atoms with Crippen LogP contribution in [0, 0.1) is 13.8 Å². The summed E-state index contributed by atoms with van der Waals surface area (Å²) in [5.41, 5.74) is 2.56. The predicted molar refractivity (Wildman–Crippen MR) is 54.9 cm³/mol. The molecule has 1 aromatic heterocycles. The first-order chi connectivity index (χ1) is 6.19. The Morgan fingerprint density at radius 2 is 2.23 bits per heavy atom. The molecule has 0 atom stereocenters. The van der Waals surface area contributed by atoms with E-state index >= 15 is 0 Å². The van der Waals surface area contributed by atoms with E-state index in [0.717, 1.165) is 16.9 Å². The van der Waals surface area contributed by atoms with Gasteiger partial charge < -0.3 is 4.74 Å². The number of rotatable bonds is 2. The molecule has 0 aliphatic rings. The lowest BCUT2D eigenvalue weighted by Crippen LogP contribution is -1.92. The van der Waals surface area contributed by atoms with Gasteiger partial charge in [0.2, 0.25) is 5.88 Å². The predicted octanol–water partition coefficient (Wildman–Crippen LogP) is 2.44. The quantitative estimate of drug-likeness (QED) is 0.535. The molecule has 68 valence electrons. The van der Waals surface area contributed by atoms with Crippen molar-refractivity contribution in [3.63, 3.8) is 0 Å². The number of nitrogens with zero attached hydrogens (tertiary/aromatic N) is 2. The van der Waals surface area contributed by atoms with Gasteiger partial charge in [0.15, 0.2) is 0 Å². The number of aryl methyl sites for hydroxylation is 2. The molecule has 0 aromatic carbocycles. The zero-order valence-corrected chi connectivity index (χ0v) is 8.60. The summed E-state index contributed by atoms with van der Waals surface area (Å²) in [7, 11) is 1.59.